The van der Waals surface area contributed by atoms with Gasteiger partial charge < -0.3 is 50.3 Å². The second kappa shape index (κ2) is 7.01. The maximum Gasteiger partial charge on any atom is 0.352 e. The monoisotopic (exact) mass is 360 g/mol. The van der Waals surface area contributed by atoms with E-state index in [2.05, 4.69) is 4.74 Å². The van der Waals surface area contributed by atoms with Gasteiger partial charge in [0.1, 0.15) is 43.2 Å². The van der Waals surface area contributed by atoms with Gasteiger partial charge in [0, 0.05) is 0 Å². The number of ether oxygens (including phenoxy) is 3. The van der Waals surface area contributed by atoms with Gasteiger partial charge in [0.2, 0.25) is 5.79 Å². The van der Waals surface area contributed by atoms with Crippen molar-refractivity contribution in [2.45, 2.75) is 54.6 Å². The summed E-state index contributed by atoms with van der Waals surface area (Å²) in [6.07, 6.45) is -13.4. The zero-order valence-electron chi connectivity index (χ0n) is 12.3. The highest BCUT2D eigenvalue weighted by Gasteiger charge is 2.64. The van der Waals surface area contributed by atoms with Crippen molar-refractivity contribution in [3.63, 3.8) is 0 Å². The average Bonchev–Trinajstić information content (AvgIpc) is 2.81. The number of rotatable bonds is 5. The number of hydrogen-bond acceptors (Lipinski definition) is 11. The molecule has 0 amide bonds. The normalized spacial score (nSPS) is 52.6. The highest BCUT2D eigenvalue weighted by Crippen LogP contribution is 2.41. The van der Waals surface area contributed by atoms with Crippen LogP contribution in [-0.2, 0) is 14.2 Å². The fraction of sp³-hybridized carbons (Fsp3) is 1.00. The second-order valence-corrected chi connectivity index (χ2v) is 5.69. The molecule has 2 aliphatic rings. The van der Waals surface area contributed by atoms with Crippen LogP contribution in [-0.4, -0.2) is 115 Å². The zero-order valence-corrected chi connectivity index (χ0v) is 12.3. The molecular formula is C12H21FO11. The Kier molecular flexibility index (Phi) is 5.79. The van der Waals surface area contributed by atoms with Crippen LogP contribution in [0.5, 0.6) is 0 Å². The molecule has 8 N–H and O–H groups in total. The minimum atomic E-state index is -3.61. The van der Waals surface area contributed by atoms with E-state index in [9.17, 15) is 35.0 Å². The summed E-state index contributed by atoms with van der Waals surface area (Å²) in [7, 11) is 0. The highest BCUT2D eigenvalue weighted by atomic mass is 19.2. The predicted octanol–water partition coefficient (Wildman–Crippen LogP) is -5.10. The largest absolute Gasteiger partial charge is 0.394 e. The Bertz CT molecular complexity index is 439. The van der Waals surface area contributed by atoms with Crippen LogP contribution in [0.15, 0.2) is 0 Å². The highest BCUT2D eigenvalue weighted by molar-refractivity contribution is 5.00. The van der Waals surface area contributed by atoms with Gasteiger partial charge in [0.15, 0.2) is 6.10 Å². The first-order valence-corrected chi connectivity index (χ1v) is 7.13. The first-order chi connectivity index (χ1) is 11.2. The molecule has 0 saturated carbocycles. The van der Waals surface area contributed by atoms with Gasteiger partial charge in [-0.3, -0.25) is 4.74 Å². The van der Waals surface area contributed by atoms with Crippen LogP contribution in [0.4, 0.5) is 4.39 Å². The molecule has 0 spiro atoms. The first-order valence-electron chi connectivity index (χ1n) is 7.13. The van der Waals surface area contributed by atoms with Crippen molar-refractivity contribution in [1.82, 2.24) is 0 Å². The van der Waals surface area contributed by atoms with Crippen molar-refractivity contribution >= 4 is 0 Å². The van der Waals surface area contributed by atoms with Crippen molar-refractivity contribution in [3.8, 4) is 0 Å². The van der Waals surface area contributed by atoms with E-state index in [0.29, 0.717) is 0 Å². The van der Waals surface area contributed by atoms with Crippen LogP contribution in [0.25, 0.3) is 0 Å². The second-order valence-electron chi connectivity index (χ2n) is 5.69. The lowest BCUT2D eigenvalue weighted by atomic mass is 9.98. The Morgan fingerprint density at radius 3 is 1.79 bits per heavy atom. The fourth-order valence-corrected chi connectivity index (χ4v) is 2.67. The minimum Gasteiger partial charge on any atom is -0.394 e. The molecule has 9 atom stereocenters. The van der Waals surface area contributed by atoms with E-state index in [-0.39, 0.29) is 0 Å². The number of aliphatic hydroxyl groups is 8. The Balaban J connectivity index is 2.29. The lowest BCUT2D eigenvalue weighted by Crippen LogP contribution is -2.67. The molecule has 0 aromatic rings. The van der Waals surface area contributed by atoms with Gasteiger partial charge in [-0.15, -0.1) is 0 Å². The van der Waals surface area contributed by atoms with Gasteiger partial charge in [0.05, 0.1) is 13.2 Å². The maximum atomic E-state index is 14.9. The number of halogens is 1. The molecular weight excluding hydrogens is 339 g/mol. The number of alkyl halides is 1. The predicted molar refractivity (Wildman–Crippen MR) is 68.7 cm³/mol. The summed E-state index contributed by atoms with van der Waals surface area (Å²) >= 11 is 0. The van der Waals surface area contributed by atoms with Crippen LogP contribution in [0.1, 0.15) is 0 Å². The third-order valence-corrected chi connectivity index (χ3v) is 4.12. The van der Waals surface area contributed by atoms with Gasteiger partial charge in [0.25, 0.3) is 0 Å². The van der Waals surface area contributed by atoms with Crippen LogP contribution < -0.4 is 0 Å². The van der Waals surface area contributed by atoms with E-state index in [1.54, 1.807) is 0 Å². The standard InChI is InChI=1S/C12H21FO11/c13-12(10(21)8(19)6(17)4(1-14)23-12)24-11(3-16)9(20)7(18)5(2-15)22-11/h4-10,14-21H,1-3H2/t4-,5-,6-,7-,8+,9+,10-,11?,12-/m1/s1. The van der Waals surface area contributed by atoms with Crippen LogP contribution in [0.3, 0.4) is 0 Å². The zero-order chi connectivity index (χ0) is 18.3. The van der Waals surface area contributed by atoms with E-state index in [1.807, 2.05) is 0 Å². The van der Waals surface area contributed by atoms with Gasteiger partial charge >= 0.3 is 6.04 Å². The number of aliphatic hydroxyl groups excluding tert-OH is 8. The summed E-state index contributed by atoms with van der Waals surface area (Å²) in [5.74, 6) is -2.63. The van der Waals surface area contributed by atoms with E-state index in [0.717, 1.165) is 0 Å². The molecule has 2 rings (SSSR count). The molecule has 2 saturated heterocycles. The lowest BCUT2D eigenvalue weighted by Gasteiger charge is -2.46. The molecule has 12 heteroatoms. The molecule has 24 heavy (non-hydrogen) atoms. The van der Waals surface area contributed by atoms with E-state index >= 15 is 0 Å². The molecule has 2 fully saturated rings. The van der Waals surface area contributed by atoms with E-state index in [4.69, 9.17) is 19.7 Å². The summed E-state index contributed by atoms with van der Waals surface area (Å²) in [6.45, 7) is -2.96. The van der Waals surface area contributed by atoms with Crippen molar-refractivity contribution in [1.29, 1.82) is 0 Å². The van der Waals surface area contributed by atoms with Crippen molar-refractivity contribution in [2.24, 2.45) is 0 Å². The van der Waals surface area contributed by atoms with Crippen LogP contribution >= 0.6 is 0 Å². The Hall–Kier alpha value is -0.510. The molecule has 0 bridgehead atoms. The van der Waals surface area contributed by atoms with Gasteiger partial charge in [-0.05, 0) is 0 Å². The summed E-state index contributed by atoms with van der Waals surface area (Å²) < 4.78 is 29.2. The molecule has 0 aromatic heterocycles. The smallest absolute Gasteiger partial charge is 0.352 e. The minimum absolute atomic E-state index is 0.799. The van der Waals surface area contributed by atoms with Gasteiger partial charge in [-0.2, -0.15) is 4.39 Å². The maximum absolute atomic E-state index is 14.9. The molecule has 0 aromatic carbocycles. The summed E-state index contributed by atoms with van der Waals surface area (Å²) in [5, 5.41) is 76.2. The van der Waals surface area contributed by atoms with Crippen molar-refractivity contribution in [2.75, 3.05) is 19.8 Å². The van der Waals surface area contributed by atoms with E-state index in [1.165, 1.54) is 0 Å². The third-order valence-electron chi connectivity index (χ3n) is 4.12. The Morgan fingerprint density at radius 1 is 0.792 bits per heavy atom. The van der Waals surface area contributed by atoms with Crippen molar-refractivity contribution < 1.29 is 59.5 Å². The molecule has 142 valence electrons. The summed E-state index contributed by atoms with van der Waals surface area (Å²) in [4.78, 5) is 0. The quantitative estimate of drug-likeness (QED) is 0.234. The first kappa shape index (κ1) is 19.8. The Morgan fingerprint density at radius 2 is 1.33 bits per heavy atom. The molecule has 1 unspecified atom stereocenters. The van der Waals surface area contributed by atoms with E-state index < -0.39 is 74.4 Å². The average molecular weight is 360 g/mol. The lowest BCUT2D eigenvalue weighted by molar-refractivity contribution is -0.476. The molecule has 0 aliphatic carbocycles. The Labute approximate surface area is 135 Å². The topological polar surface area (TPSA) is 190 Å². The van der Waals surface area contributed by atoms with Crippen LogP contribution in [0.2, 0.25) is 0 Å². The van der Waals surface area contributed by atoms with Crippen LogP contribution in [0, 0.1) is 0 Å². The number of hydrogen-bond donors (Lipinski definition) is 8. The fourth-order valence-electron chi connectivity index (χ4n) is 2.67. The molecule has 2 aliphatic heterocycles. The molecule has 2 heterocycles. The summed E-state index contributed by atoms with van der Waals surface area (Å²) in [6, 6.07) is -3.61. The third kappa shape index (κ3) is 3.04. The van der Waals surface area contributed by atoms with Gasteiger partial charge in [-0.1, -0.05) is 0 Å². The molecule has 0 radical (unpaired) electrons. The SMILES string of the molecule is OC[C@H]1OC(CO)(O[C@]2(F)O[C@H](CO)[C@@H](O)[C@H](O)[C@H]2O)[C@@H](O)[C@@H]1O. The van der Waals surface area contributed by atoms with Gasteiger partial charge in [-0.25, -0.2) is 0 Å². The van der Waals surface area contributed by atoms with Crippen molar-refractivity contribution in [3.05, 3.63) is 0 Å². The molecule has 11 nitrogen and oxygen atoms in total. The summed E-state index contributed by atoms with van der Waals surface area (Å²) in [5.41, 5.74) is 0.